The average molecular weight is 358 g/mol. The maximum absolute atomic E-state index is 11.8. The minimum absolute atomic E-state index is 0. The highest BCUT2D eigenvalue weighted by Gasteiger charge is 2.23. The number of carbonyl (C=O) groups excluding carboxylic acids is 2. The van der Waals surface area contributed by atoms with Gasteiger partial charge in [0.05, 0.1) is 7.11 Å². The first-order valence-corrected chi connectivity index (χ1v) is 7.63. The molecular weight excluding hydrogens is 334 g/mol. The molecule has 0 spiro atoms. The number of hydrogen-bond donors (Lipinski definition) is 3. The van der Waals surface area contributed by atoms with Crippen LogP contribution in [0, 0.1) is 0 Å². The number of anilines is 1. The second-order valence-corrected chi connectivity index (χ2v) is 5.73. The minimum Gasteiger partial charge on any atom is -0.493 e. The van der Waals surface area contributed by atoms with Gasteiger partial charge in [-0.1, -0.05) is 0 Å². The van der Waals surface area contributed by atoms with E-state index in [0.717, 1.165) is 12.8 Å². The largest absolute Gasteiger partial charge is 0.493 e. The standard InChI is InChI=1S/C16H23N3O4.ClH/c1-10(17)7-15(20)19-12-5-6-13(22-2)14(8-12)23-9-16(21)18-11-3-4-11;/h5-6,8,10-11H,3-4,7,9,17H2,1-2H3,(H,18,21)(H,19,20);1H. The summed E-state index contributed by atoms with van der Waals surface area (Å²) < 4.78 is 10.7. The van der Waals surface area contributed by atoms with Crippen molar-refractivity contribution in [2.24, 2.45) is 5.73 Å². The van der Waals surface area contributed by atoms with Crippen molar-refractivity contribution in [3.8, 4) is 11.5 Å². The molecule has 2 amide bonds. The molecule has 1 aliphatic rings. The Balaban J connectivity index is 0.00000288. The summed E-state index contributed by atoms with van der Waals surface area (Å²) in [5.41, 5.74) is 6.16. The summed E-state index contributed by atoms with van der Waals surface area (Å²) >= 11 is 0. The average Bonchev–Trinajstić information content (AvgIpc) is 3.28. The molecule has 0 aromatic heterocycles. The van der Waals surface area contributed by atoms with Crippen LogP contribution in [-0.4, -0.2) is 37.6 Å². The highest BCUT2D eigenvalue weighted by Crippen LogP contribution is 2.30. The van der Waals surface area contributed by atoms with Gasteiger partial charge in [0.15, 0.2) is 18.1 Å². The Hall–Kier alpha value is -1.99. The van der Waals surface area contributed by atoms with Crippen LogP contribution in [0.5, 0.6) is 11.5 Å². The number of methoxy groups -OCH3 is 1. The number of ether oxygens (including phenoxy) is 2. The molecule has 0 heterocycles. The summed E-state index contributed by atoms with van der Waals surface area (Å²) in [6.45, 7) is 1.67. The van der Waals surface area contributed by atoms with Crippen LogP contribution >= 0.6 is 12.4 Å². The number of hydrogen-bond acceptors (Lipinski definition) is 5. The van der Waals surface area contributed by atoms with Crippen molar-refractivity contribution in [2.75, 3.05) is 19.0 Å². The van der Waals surface area contributed by atoms with Gasteiger partial charge in [-0.25, -0.2) is 0 Å². The second kappa shape index (κ2) is 9.34. The summed E-state index contributed by atoms with van der Waals surface area (Å²) in [4.78, 5) is 23.4. The summed E-state index contributed by atoms with van der Waals surface area (Å²) in [5, 5.41) is 5.58. The number of carbonyl (C=O) groups is 2. The van der Waals surface area contributed by atoms with Gasteiger partial charge < -0.3 is 25.8 Å². The van der Waals surface area contributed by atoms with Gasteiger partial charge in [0.1, 0.15) is 0 Å². The van der Waals surface area contributed by atoms with E-state index in [1.54, 1.807) is 25.1 Å². The molecular formula is C16H24ClN3O4. The molecule has 0 radical (unpaired) electrons. The fourth-order valence-corrected chi connectivity index (χ4v) is 2.01. The minimum atomic E-state index is -0.213. The van der Waals surface area contributed by atoms with E-state index in [2.05, 4.69) is 10.6 Å². The van der Waals surface area contributed by atoms with Gasteiger partial charge in [-0.15, -0.1) is 12.4 Å². The first-order valence-electron chi connectivity index (χ1n) is 7.63. The molecule has 1 aromatic rings. The number of nitrogens with one attached hydrogen (secondary N) is 2. The van der Waals surface area contributed by atoms with Crippen LogP contribution in [0.3, 0.4) is 0 Å². The van der Waals surface area contributed by atoms with E-state index in [4.69, 9.17) is 15.2 Å². The molecule has 2 rings (SSSR count). The smallest absolute Gasteiger partial charge is 0.258 e. The monoisotopic (exact) mass is 357 g/mol. The predicted octanol–water partition coefficient (Wildman–Crippen LogP) is 1.45. The first-order chi connectivity index (χ1) is 11.0. The molecule has 1 aromatic carbocycles. The van der Waals surface area contributed by atoms with Gasteiger partial charge in [0.2, 0.25) is 5.91 Å². The van der Waals surface area contributed by atoms with Gasteiger partial charge in [0.25, 0.3) is 5.91 Å². The highest BCUT2D eigenvalue weighted by molar-refractivity contribution is 5.91. The Labute approximate surface area is 147 Å². The Morgan fingerprint density at radius 2 is 2.00 bits per heavy atom. The van der Waals surface area contributed by atoms with Crippen LogP contribution in [0.4, 0.5) is 5.69 Å². The third-order valence-corrected chi connectivity index (χ3v) is 3.26. The van der Waals surface area contributed by atoms with Crippen LogP contribution in [0.15, 0.2) is 18.2 Å². The Morgan fingerprint density at radius 3 is 2.58 bits per heavy atom. The molecule has 7 nitrogen and oxygen atoms in total. The van der Waals surface area contributed by atoms with E-state index >= 15 is 0 Å². The van der Waals surface area contributed by atoms with Crippen molar-refractivity contribution in [1.29, 1.82) is 0 Å². The number of amides is 2. The lowest BCUT2D eigenvalue weighted by atomic mass is 10.2. The molecule has 4 N–H and O–H groups in total. The lowest BCUT2D eigenvalue weighted by Crippen LogP contribution is -2.30. The zero-order valence-corrected chi connectivity index (χ0v) is 14.7. The molecule has 1 aliphatic carbocycles. The third-order valence-electron chi connectivity index (χ3n) is 3.26. The molecule has 8 heteroatoms. The lowest BCUT2D eigenvalue weighted by molar-refractivity contribution is -0.123. The summed E-state index contributed by atoms with van der Waals surface area (Å²) in [6.07, 6.45) is 2.28. The SMILES string of the molecule is COc1ccc(NC(=O)CC(C)N)cc1OCC(=O)NC1CC1.Cl. The van der Waals surface area contributed by atoms with E-state index in [9.17, 15) is 9.59 Å². The molecule has 0 bridgehead atoms. The molecule has 24 heavy (non-hydrogen) atoms. The van der Waals surface area contributed by atoms with Gasteiger partial charge in [0, 0.05) is 30.3 Å². The zero-order chi connectivity index (χ0) is 16.8. The van der Waals surface area contributed by atoms with Gasteiger partial charge >= 0.3 is 0 Å². The van der Waals surface area contributed by atoms with Crippen LogP contribution < -0.4 is 25.8 Å². The molecule has 0 aliphatic heterocycles. The van der Waals surface area contributed by atoms with Crippen molar-refractivity contribution in [1.82, 2.24) is 5.32 Å². The number of nitrogens with two attached hydrogens (primary N) is 1. The fraction of sp³-hybridized carbons (Fsp3) is 0.500. The summed E-state index contributed by atoms with van der Waals surface area (Å²) in [5.74, 6) is 0.551. The van der Waals surface area contributed by atoms with Crippen LogP contribution in [0.2, 0.25) is 0 Å². The molecule has 1 atom stereocenters. The third kappa shape index (κ3) is 6.64. The van der Waals surface area contributed by atoms with Crippen LogP contribution in [0.1, 0.15) is 26.2 Å². The van der Waals surface area contributed by atoms with E-state index in [0.29, 0.717) is 17.2 Å². The predicted molar refractivity (Wildman–Crippen MR) is 93.8 cm³/mol. The summed E-state index contributed by atoms with van der Waals surface area (Å²) in [7, 11) is 1.51. The Bertz CT molecular complexity index is 576. The lowest BCUT2D eigenvalue weighted by Gasteiger charge is -2.13. The van der Waals surface area contributed by atoms with Gasteiger partial charge in [-0.3, -0.25) is 9.59 Å². The molecule has 1 fully saturated rings. The fourth-order valence-electron chi connectivity index (χ4n) is 2.01. The summed E-state index contributed by atoms with van der Waals surface area (Å²) in [6, 6.07) is 5.08. The number of halogens is 1. The van der Waals surface area contributed by atoms with Crippen molar-refractivity contribution in [3.05, 3.63) is 18.2 Å². The van der Waals surface area contributed by atoms with Crippen molar-refractivity contribution >= 4 is 29.9 Å². The second-order valence-electron chi connectivity index (χ2n) is 5.73. The number of benzene rings is 1. The normalized spacial score (nSPS) is 14.1. The highest BCUT2D eigenvalue weighted by atomic mass is 35.5. The maximum Gasteiger partial charge on any atom is 0.258 e. The Morgan fingerprint density at radius 1 is 1.29 bits per heavy atom. The van der Waals surface area contributed by atoms with Crippen LogP contribution in [0.25, 0.3) is 0 Å². The molecule has 134 valence electrons. The Kier molecular flexibility index (Phi) is 7.81. The van der Waals surface area contributed by atoms with E-state index in [1.807, 2.05) is 0 Å². The van der Waals surface area contributed by atoms with Crippen molar-refractivity contribution < 1.29 is 19.1 Å². The first kappa shape index (κ1) is 20.1. The van der Waals surface area contributed by atoms with Crippen molar-refractivity contribution in [3.63, 3.8) is 0 Å². The van der Waals surface area contributed by atoms with Crippen molar-refractivity contribution in [2.45, 2.75) is 38.3 Å². The topological polar surface area (TPSA) is 103 Å². The number of rotatable bonds is 8. The van der Waals surface area contributed by atoms with E-state index < -0.39 is 0 Å². The van der Waals surface area contributed by atoms with Gasteiger partial charge in [-0.2, -0.15) is 0 Å². The van der Waals surface area contributed by atoms with Gasteiger partial charge in [-0.05, 0) is 31.9 Å². The quantitative estimate of drug-likeness (QED) is 0.653. The van der Waals surface area contributed by atoms with Crippen LogP contribution in [-0.2, 0) is 9.59 Å². The molecule has 1 saturated carbocycles. The molecule has 1 unspecified atom stereocenters. The van der Waals surface area contributed by atoms with E-state index in [-0.39, 0.29) is 49.3 Å². The zero-order valence-electron chi connectivity index (χ0n) is 13.8. The van der Waals surface area contributed by atoms with E-state index in [1.165, 1.54) is 7.11 Å². The molecule has 0 saturated heterocycles. The maximum atomic E-state index is 11.8.